The van der Waals surface area contributed by atoms with Crippen molar-refractivity contribution in [3.8, 4) is 17.0 Å². The molecule has 21 heavy (non-hydrogen) atoms. The molecular weight excluding hydrogens is 258 g/mol. The van der Waals surface area contributed by atoms with Gasteiger partial charge in [0, 0.05) is 17.0 Å². The second-order valence-corrected chi connectivity index (χ2v) is 5.55. The lowest BCUT2D eigenvalue weighted by Gasteiger charge is -2.11. The van der Waals surface area contributed by atoms with Crippen molar-refractivity contribution in [2.24, 2.45) is 0 Å². The van der Waals surface area contributed by atoms with Crippen LogP contribution >= 0.6 is 0 Å². The number of pyridine rings is 1. The number of methoxy groups -OCH3 is 1. The Kier molecular flexibility index (Phi) is 3.38. The number of hydrogen-bond donors (Lipinski definition) is 0. The van der Waals surface area contributed by atoms with Gasteiger partial charge in [0.25, 0.3) is 0 Å². The van der Waals surface area contributed by atoms with Crippen LogP contribution in [-0.2, 0) is 0 Å². The second kappa shape index (κ2) is 5.21. The Balaban J connectivity index is 2.27. The summed E-state index contributed by atoms with van der Waals surface area (Å²) >= 11 is 0. The van der Waals surface area contributed by atoms with E-state index in [0.29, 0.717) is 0 Å². The zero-order valence-electron chi connectivity index (χ0n) is 12.9. The maximum absolute atomic E-state index is 5.55. The third kappa shape index (κ3) is 2.49. The summed E-state index contributed by atoms with van der Waals surface area (Å²) in [5.41, 5.74) is 6.79. The van der Waals surface area contributed by atoms with Crippen LogP contribution < -0.4 is 4.74 Å². The Morgan fingerprint density at radius 2 is 1.57 bits per heavy atom. The van der Waals surface area contributed by atoms with Gasteiger partial charge in [0.2, 0.25) is 0 Å². The Morgan fingerprint density at radius 1 is 0.857 bits per heavy atom. The predicted molar refractivity (Wildman–Crippen MR) is 87.9 cm³/mol. The van der Waals surface area contributed by atoms with Gasteiger partial charge in [-0.25, -0.2) is 4.98 Å². The van der Waals surface area contributed by atoms with E-state index in [0.717, 1.165) is 27.9 Å². The van der Waals surface area contributed by atoms with Crippen molar-refractivity contribution in [2.45, 2.75) is 20.8 Å². The molecule has 0 saturated carbocycles. The highest BCUT2D eigenvalue weighted by Gasteiger charge is 2.10. The average Bonchev–Trinajstić information content (AvgIpc) is 2.45. The van der Waals surface area contributed by atoms with Crippen LogP contribution in [-0.4, -0.2) is 12.1 Å². The fourth-order valence-electron chi connectivity index (χ4n) is 2.71. The highest BCUT2D eigenvalue weighted by molar-refractivity contribution is 5.88. The summed E-state index contributed by atoms with van der Waals surface area (Å²) in [7, 11) is 1.71. The van der Waals surface area contributed by atoms with Gasteiger partial charge in [-0.15, -0.1) is 0 Å². The zero-order chi connectivity index (χ0) is 15.0. The quantitative estimate of drug-likeness (QED) is 0.669. The van der Waals surface area contributed by atoms with Gasteiger partial charge in [-0.2, -0.15) is 0 Å². The number of nitrogens with zero attached hydrogens (tertiary/aromatic N) is 1. The molecule has 0 radical (unpaired) electrons. The standard InChI is InChI=1S/C19H19NO/c1-12-5-7-15(14(3)9-12)18-11-19(21-4)16-8-6-13(2)10-17(16)20-18/h5-11H,1-4H3. The van der Waals surface area contributed by atoms with Crippen molar-refractivity contribution < 1.29 is 4.74 Å². The molecule has 0 amide bonds. The van der Waals surface area contributed by atoms with Crippen LogP contribution in [0, 0.1) is 20.8 Å². The third-order valence-corrected chi connectivity index (χ3v) is 3.81. The zero-order valence-corrected chi connectivity index (χ0v) is 12.9. The molecule has 3 rings (SSSR count). The summed E-state index contributed by atoms with van der Waals surface area (Å²) in [6.07, 6.45) is 0. The summed E-state index contributed by atoms with van der Waals surface area (Å²) < 4.78 is 5.55. The third-order valence-electron chi connectivity index (χ3n) is 3.81. The minimum Gasteiger partial charge on any atom is -0.496 e. The topological polar surface area (TPSA) is 22.1 Å². The molecule has 2 nitrogen and oxygen atoms in total. The predicted octanol–water partition coefficient (Wildman–Crippen LogP) is 4.84. The second-order valence-electron chi connectivity index (χ2n) is 5.55. The van der Waals surface area contributed by atoms with E-state index in [2.05, 4.69) is 57.2 Å². The number of ether oxygens (including phenoxy) is 1. The van der Waals surface area contributed by atoms with E-state index in [-0.39, 0.29) is 0 Å². The molecule has 2 aromatic carbocycles. The van der Waals surface area contributed by atoms with Crippen molar-refractivity contribution in [1.82, 2.24) is 4.98 Å². The normalized spacial score (nSPS) is 10.9. The Hall–Kier alpha value is -2.35. The van der Waals surface area contributed by atoms with E-state index < -0.39 is 0 Å². The molecule has 3 aromatic rings. The van der Waals surface area contributed by atoms with Crippen molar-refractivity contribution >= 4 is 10.9 Å². The van der Waals surface area contributed by atoms with E-state index in [1.807, 2.05) is 6.07 Å². The van der Waals surface area contributed by atoms with E-state index in [1.165, 1.54) is 16.7 Å². The van der Waals surface area contributed by atoms with E-state index in [4.69, 9.17) is 9.72 Å². The molecule has 0 unspecified atom stereocenters. The molecule has 1 aromatic heterocycles. The van der Waals surface area contributed by atoms with Crippen LogP contribution in [0.1, 0.15) is 16.7 Å². The SMILES string of the molecule is COc1cc(-c2ccc(C)cc2C)nc2cc(C)ccc12. The van der Waals surface area contributed by atoms with E-state index in [1.54, 1.807) is 7.11 Å². The molecule has 106 valence electrons. The van der Waals surface area contributed by atoms with Crippen molar-refractivity contribution in [3.05, 3.63) is 59.2 Å². The maximum Gasteiger partial charge on any atom is 0.130 e. The molecular formula is C19H19NO. The molecule has 0 saturated heterocycles. The summed E-state index contributed by atoms with van der Waals surface area (Å²) in [5.74, 6) is 0.870. The molecule has 1 heterocycles. The first-order chi connectivity index (χ1) is 10.1. The van der Waals surface area contributed by atoms with Crippen molar-refractivity contribution in [1.29, 1.82) is 0 Å². The summed E-state index contributed by atoms with van der Waals surface area (Å²) in [5, 5.41) is 1.05. The highest BCUT2D eigenvalue weighted by Crippen LogP contribution is 2.31. The molecule has 0 fully saturated rings. The Labute approximate surface area is 125 Å². The van der Waals surface area contributed by atoms with Crippen LogP contribution in [0.4, 0.5) is 0 Å². The van der Waals surface area contributed by atoms with Gasteiger partial charge in [-0.05, 0) is 44.0 Å². The van der Waals surface area contributed by atoms with Gasteiger partial charge < -0.3 is 4.74 Å². The molecule has 0 spiro atoms. The van der Waals surface area contributed by atoms with E-state index >= 15 is 0 Å². The molecule has 0 atom stereocenters. The van der Waals surface area contributed by atoms with Crippen LogP contribution in [0.2, 0.25) is 0 Å². The smallest absolute Gasteiger partial charge is 0.130 e. The van der Waals surface area contributed by atoms with Gasteiger partial charge in [-0.3, -0.25) is 0 Å². The first-order valence-electron chi connectivity index (χ1n) is 7.11. The van der Waals surface area contributed by atoms with Gasteiger partial charge in [0.05, 0.1) is 18.3 Å². The van der Waals surface area contributed by atoms with Crippen LogP contribution in [0.25, 0.3) is 22.2 Å². The number of aryl methyl sites for hydroxylation is 3. The molecule has 0 N–H and O–H groups in total. The minimum atomic E-state index is 0.870. The summed E-state index contributed by atoms with van der Waals surface area (Å²) in [6, 6.07) is 14.7. The molecule has 0 aliphatic carbocycles. The summed E-state index contributed by atoms with van der Waals surface area (Å²) in [4.78, 5) is 4.83. The number of hydrogen-bond acceptors (Lipinski definition) is 2. The largest absolute Gasteiger partial charge is 0.496 e. The highest BCUT2D eigenvalue weighted by atomic mass is 16.5. The first-order valence-corrected chi connectivity index (χ1v) is 7.11. The number of aromatic nitrogens is 1. The minimum absolute atomic E-state index is 0.870. The first kappa shape index (κ1) is 13.6. The number of rotatable bonds is 2. The fraction of sp³-hybridized carbons (Fsp3) is 0.211. The fourth-order valence-corrected chi connectivity index (χ4v) is 2.71. The van der Waals surface area contributed by atoms with Gasteiger partial charge >= 0.3 is 0 Å². The summed E-state index contributed by atoms with van der Waals surface area (Å²) in [6.45, 7) is 6.31. The monoisotopic (exact) mass is 277 g/mol. The van der Waals surface area contributed by atoms with Crippen molar-refractivity contribution in [3.63, 3.8) is 0 Å². The Morgan fingerprint density at radius 3 is 2.29 bits per heavy atom. The number of fused-ring (bicyclic) bond motifs is 1. The Bertz CT molecular complexity index is 821. The molecule has 0 aliphatic rings. The van der Waals surface area contributed by atoms with Gasteiger partial charge in [-0.1, -0.05) is 29.8 Å². The van der Waals surface area contributed by atoms with Crippen LogP contribution in [0.5, 0.6) is 5.75 Å². The lowest BCUT2D eigenvalue weighted by molar-refractivity contribution is 0.419. The average molecular weight is 277 g/mol. The molecule has 0 aliphatic heterocycles. The molecule has 0 bridgehead atoms. The lowest BCUT2D eigenvalue weighted by Crippen LogP contribution is -1.93. The van der Waals surface area contributed by atoms with Crippen LogP contribution in [0.15, 0.2) is 42.5 Å². The van der Waals surface area contributed by atoms with Crippen molar-refractivity contribution in [2.75, 3.05) is 7.11 Å². The van der Waals surface area contributed by atoms with E-state index in [9.17, 15) is 0 Å². The lowest BCUT2D eigenvalue weighted by atomic mass is 10.0. The van der Waals surface area contributed by atoms with Crippen LogP contribution in [0.3, 0.4) is 0 Å². The maximum atomic E-state index is 5.55. The molecule has 2 heteroatoms. The van der Waals surface area contributed by atoms with Gasteiger partial charge in [0.15, 0.2) is 0 Å². The number of benzene rings is 2. The van der Waals surface area contributed by atoms with Gasteiger partial charge in [0.1, 0.15) is 5.75 Å².